The van der Waals surface area contributed by atoms with Crippen molar-refractivity contribution in [3.8, 4) is 22.6 Å². The number of pyridine rings is 1. The first-order valence-electron chi connectivity index (χ1n) is 9.91. The van der Waals surface area contributed by atoms with Crippen LogP contribution >= 0.6 is 34.8 Å². The first-order chi connectivity index (χ1) is 16.4. The van der Waals surface area contributed by atoms with Crippen molar-refractivity contribution >= 4 is 58.2 Å². The van der Waals surface area contributed by atoms with Crippen LogP contribution in [0.2, 0.25) is 15.1 Å². The van der Waals surface area contributed by atoms with E-state index in [1.807, 2.05) is 28.8 Å². The number of non-ortho nitro benzene ring substituents is 1. The summed E-state index contributed by atoms with van der Waals surface area (Å²) in [6, 6.07) is 18.5. The minimum absolute atomic E-state index is 0.0944. The van der Waals surface area contributed by atoms with Crippen LogP contribution in [0.25, 0.3) is 28.2 Å². The molecule has 0 bridgehead atoms. The molecule has 3 aromatic heterocycles. The fourth-order valence-corrected chi connectivity index (χ4v) is 4.24. The van der Waals surface area contributed by atoms with Gasteiger partial charge in [-0.2, -0.15) is 0 Å². The number of hydrogen-bond donors (Lipinski definition) is 0. The smallest absolute Gasteiger partial charge is 0.270 e. The van der Waals surface area contributed by atoms with Crippen molar-refractivity contribution in [2.45, 2.75) is 0 Å². The van der Waals surface area contributed by atoms with Gasteiger partial charge in [-0.3, -0.25) is 14.5 Å². The van der Waals surface area contributed by atoms with Crippen molar-refractivity contribution in [3.63, 3.8) is 0 Å². The summed E-state index contributed by atoms with van der Waals surface area (Å²) >= 11 is 18.7. The van der Waals surface area contributed by atoms with Gasteiger partial charge in [-0.15, -0.1) is 0 Å². The topological polar surface area (TPSA) is 85.9 Å². The molecule has 0 atom stereocenters. The number of imidazole rings is 1. The molecule has 2 aromatic carbocycles. The first-order valence-corrected chi connectivity index (χ1v) is 11.0. The predicted molar refractivity (Wildman–Crippen MR) is 134 cm³/mol. The zero-order chi connectivity index (χ0) is 23.8. The van der Waals surface area contributed by atoms with E-state index in [0.717, 1.165) is 0 Å². The fraction of sp³-hybridized carbons (Fsp3) is 0. The van der Waals surface area contributed by atoms with E-state index < -0.39 is 4.92 Å². The summed E-state index contributed by atoms with van der Waals surface area (Å²) in [7, 11) is 0. The maximum Gasteiger partial charge on any atom is 0.270 e. The van der Waals surface area contributed by atoms with Crippen molar-refractivity contribution in [1.29, 1.82) is 0 Å². The van der Waals surface area contributed by atoms with E-state index in [0.29, 0.717) is 49.9 Å². The van der Waals surface area contributed by atoms with Crippen LogP contribution in [-0.4, -0.2) is 20.5 Å². The standard InChI is InChI=1S/C24H13Cl3N4O3/c25-14-4-7-18(19(26)11-14)23-24(30-10-2-1-3-22(30)29-23)28-13-16-6-9-21(34-16)17-8-5-15(31(32)33)12-20(17)27/h1-13H. The highest BCUT2D eigenvalue weighted by Gasteiger charge is 2.17. The summed E-state index contributed by atoms with van der Waals surface area (Å²) in [5.41, 5.74) is 2.43. The molecule has 168 valence electrons. The Morgan fingerprint density at radius 1 is 0.971 bits per heavy atom. The molecular formula is C24H13Cl3N4O3. The van der Waals surface area contributed by atoms with Crippen LogP contribution in [0.5, 0.6) is 0 Å². The van der Waals surface area contributed by atoms with E-state index in [9.17, 15) is 10.1 Å². The maximum atomic E-state index is 10.9. The molecule has 3 heterocycles. The molecule has 5 aromatic rings. The van der Waals surface area contributed by atoms with Gasteiger partial charge in [-0.1, -0.05) is 40.9 Å². The molecule has 0 saturated heterocycles. The summed E-state index contributed by atoms with van der Waals surface area (Å²) in [4.78, 5) is 19.8. The molecule has 10 heteroatoms. The van der Waals surface area contributed by atoms with Gasteiger partial charge in [0.25, 0.3) is 5.69 Å². The average Bonchev–Trinajstić information content (AvgIpc) is 3.42. The summed E-state index contributed by atoms with van der Waals surface area (Å²) in [6.45, 7) is 0. The van der Waals surface area contributed by atoms with E-state index in [1.165, 1.54) is 12.1 Å². The van der Waals surface area contributed by atoms with E-state index in [1.54, 1.807) is 42.6 Å². The van der Waals surface area contributed by atoms with Crippen molar-refractivity contribution in [2.24, 2.45) is 4.99 Å². The van der Waals surface area contributed by atoms with Crippen LogP contribution in [0.15, 0.2) is 82.3 Å². The quantitative estimate of drug-likeness (QED) is 0.136. The van der Waals surface area contributed by atoms with Crippen LogP contribution in [0.1, 0.15) is 5.76 Å². The minimum atomic E-state index is -0.504. The lowest BCUT2D eigenvalue weighted by atomic mass is 10.1. The van der Waals surface area contributed by atoms with Crippen LogP contribution in [-0.2, 0) is 0 Å². The van der Waals surface area contributed by atoms with Gasteiger partial charge in [-0.05, 0) is 48.5 Å². The zero-order valence-corrected chi connectivity index (χ0v) is 19.4. The Balaban J connectivity index is 1.53. The summed E-state index contributed by atoms with van der Waals surface area (Å²) in [5.74, 6) is 1.48. The van der Waals surface area contributed by atoms with Gasteiger partial charge in [0.2, 0.25) is 0 Å². The SMILES string of the molecule is O=[N+]([O-])c1ccc(-c2ccc(C=Nc3c(-c4ccc(Cl)cc4Cl)nc4ccccn34)o2)c(Cl)c1. The third kappa shape index (κ3) is 4.17. The third-order valence-corrected chi connectivity index (χ3v) is 5.92. The van der Waals surface area contributed by atoms with E-state index in [2.05, 4.69) is 4.99 Å². The second-order valence-corrected chi connectivity index (χ2v) is 8.47. The number of furan rings is 1. The predicted octanol–water partition coefficient (Wildman–Crippen LogP) is 7.88. The lowest BCUT2D eigenvalue weighted by Crippen LogP contribution is -1.88. The molecule has 0 fully saturated rings. The number of halogens is 3. The highest BCUT2D eigenvalue weighted by molar-refractivity contribution is 6.36. The van der Waals surface area contributed by atoms with Crippen LogP contribution in [0.3, 0.4) is 0 Å². The number of aliphatic imine (C=N–C) groups is 1. The number of fused-ring (bicyclic) bond motifs is 1. The van der Waals surface area contributed by atoms with E-state index in [4.69, 9.17) is 44.2 Å². The largest absolute Gasteiger partial charge is 0.455 e. The Morgan fingerprint density at radius 2 is 1.76 bits per heavy atom. The number of nitro groups is 1. The monoisotopic (exact) mass is 510 g/mol. The van der Waals surface area contributed by atoms with Gasteiger partial charge in [0.1, 0.15) is 22.9 Å². The Bertz CT molecular complexity index is 1590. The molecular weight excluding hydrogens is 499 g/mol. The summed E-state index contributed by atoms with van der Waals surface area (Å²) < 4.78 is 7.71. The minimum Gasteiger partial charge on any atom is -0.455 e. The summed E-state index contributed by atoms with van der Waals surface area (Å²) in [5, 5.41) is 12.1. The van der Waals surface area contributed by atoms with Crippen LogP contribution in [0.4, 0.5) is 11.5 Å². The van der Waals surface area contributed by atoms with Crippen molar-refractivity contribution in [1.82, 2.24) is 9.38 Å². The molecule has 0 spiro atoms. The zero-order valence-electron chi connectivity index (χ0n) is 17.2. The molecule has 0 saturated carbocycles. The van der Waals surface area contributed by atoms with Gasteiger partial charge < -0.3 is 4.42 Å². The third-order valence-electron chi connectivity index (χ3n) is 5.06. The number of nitrogens with zero attached hydrogens (tertiary/aromatic N) is 4. The Labute approximate surface area is 208 Å². The number of benzene rings is 2. The van der Waals surface area contributed by atoms with Gasteiger partial charge >= 0.3 is 0 Å². The van der Waals surface area contributed by atoms with Gasteiger partial charge in [-0.25, -0.2) is 9.98 Å². The Morgan fingerprint density at radius 3 is 2.53 bits per heavy atom. The molecule has 0 aliphatic heterocycles. The molecule has 0 aliphatic rings. The molecule has 34 heavy (non-hydrogen) atoms. The number of hydrogen-bond acceptors (Lipinski definition) is 5. The van der Waals surface area contributed by atoms with Gasteiger partial charge in [0, 0.05) is 34.5 Å². The van der Waals surface area contributed by atoms with Crippen LogP contribution in [0, 0.1) is 10.1 Å². The van der Waals surface area contributed by atoms with Gasteiger partial charge in [0.05, 0.1) is 21.2 Å². The van der Waals surface area contributed by atoms with E-state index >= 15 is 0 Å². The molecule has 0 unspecified atom stereocenters. The van der Waals surface area contributed by atoms with Crippen molar-refractivity contribution < 1.29 is 9.34 Å². The lowest BCUT2D eigenvalue weighted by molar-refractivity contribution is -0.384. The molecule has 5 rings (SSSR count). The molecule has 0 aliphatic carbocycles. The maximum absolute atomic E-state index is 10.9. The number of rotatable bonds is 5. The first kappa shape index (κ1) is 22.2. The van der Waals surface area contributed by atoms with Crippen molar-refractivity contribution in [3.05, 3.63) is 104 Å². The second-order valence-electron chi connectivity index (χ2n) is 7.22. The number of aromatic nitrogens is 2. The van der Waals surface area contributed by atoms with Crippen molar-refractivity contribution in [2.75, 3.05) is 0 Å². The molecule has 0 amide bonds. The molecule has 0 radical (unpaired) electrons. The Kier molecular flexibility index (Phi) is 5.83. The highest BCUT2D eigenvalue weighted by Crippen LogP contribution is 2.37. The van der Waals surface area contributed by atoms with Crippen LogP contribution < -0.4 is 0 Å². The van der Waals surface area contributed by atoms with Gasteiger partial charge in [0.15, 0.2) is 5.82 Å². The average molecular weight is 512 g/mol. The van der Waals surface area contributed by atoms with E-state index in [-0.39, 0.29) is 10.7 Å². The number of nitro benzene ring substituents is 1. The fourth-order valence-electron chi connectivity index (χ4n) is 3.48. The molecule has 0 N–H and O–H groups in total. The highest BCUT2D eigenvalue weighted by atomic mass is 35.5. The lowest BCUT2D eigenvalue weighted by Gasteiger charge is -2.03. The Hall–Kier alpha value is -3.65. The normalized spacial score (nSPS) is 11.5. The summed E-state index contributed by atoms with van der Waals surface area (Å²) in [6.07, 6.45) is 3.42. The molecule has 7 nitrogen and oxygen atoms in total. The second kappa shape index (κ2) is 8.95.